The predicted octanol–water partition coefficient (Wildman–Crippen LogP) is 2.89. The van der Waals surface area contributed by atoms with Gasteiger partial charge in [0.25, 0.3) is 5.91 Å². The Balaban J connectivity index is 1.38. The Bertz CT molecular complexity index is 731. The van der Waals surface area contributed by atoms with E-state index in [2.05, 4.69) is 16.3 Å². The zero-order valence-corrected chi connectivity index (χ0v) is 14.8. The number of ether oxygens (including phenoxy) is 1. The smallest absolute Gasteiger partial charge is 0.252 e. The van der Waals surface area contributed by atoms with Crippen LogP contribution >= 0.6 is 11.3 Å². The maximum absolute atomic E-state index is 12.1. The lowest BCUT2D eigenvalue weighted by molar-refractivity contribution is 0.0906. The zero-order valence-electron chi connectivity index (χ0n) is 14.0. The van der Waals surface area contributed by atoms with Gasteiger partial charge in [-0.3, -0.25) is 9.69 Å². The van der Waals surface area contributed by atoms with Crippen LogP contribution in [0, 0.1) is 11.3 Å². The van der Waals surface area contributed by atoms with E-state index in [-0.39, 0.29) is 11.9 Å². The number of benzene rings is 1. The number of hydrogen-bond acceptors (Lipinski definition) is 5. The van der Waals surface area contributed by atoms with Crippen molar-refractivity contribution >= 4 is 17.2 Å². The molecule has 1 aromatic heterocycles. The van der Waals surface area contributed by atoms with E-state index in [9.17, 15) is 4.79 Å². The molecule has 0 unspecified atom stereocenters. The lowest BCUT2D eigenvalue weighted by Gasteiger charge is -2.32. The Morgan fingerprint density at radius 3 is 2.84 bits per heavy atom. The second kappa shape index (κ2) is 8.65. The summed E-state index contributed by atoms with van der Waals surface area (Å²) < 4.78 is 5.74. The van der Waals surface area contributed by atoms with E-state index < -0.39 is 0 Å². The molecule has 1 fully saturated rings. The van der Waals surface area contributed by atoms with Gasteiger partial charge in [-0.05, 0) is 36.4 Å². The van der Waals surface area contributed by atoms with Crippen LogP contribution in [0.3, 0.4) is 0 Å². The molecule has 0 aliphatic carbocycles. The van der Waals surface area contributed by atoms with Gasteiger partial charge in [0.05, 0.1) is 5.56 Å². The molecule has 3 rings (SSSR count). The lowest BCUT2D eigenvalue weighted by Crippen LogP contribution is -2.45. The molecule has 1 aliphatic rings. The molecule has 130 valence electrons. The molecular formula is C19H21N3O2S. The first kappa shape index (κ1) is 17.5. The monoisotopic (exact) mass is 355 g/mol. The lowest BCUT2D eigenvalue weighted by atomic mass is 10.0. The number of amides is 1. The normalized spacial score (nSPS) is 15.5. The standard InChI is InChI=1S/C19H21N3O2S/c20-13-15-3-1-2-4-18(15)24-11-10-22-8-5-17(6-9-22)21-19(23)16-7-12-25-14-16/h1-4,7,12,14,17H,5-6,8-11H2,(H,21,23). The van der Waals surface area contributed by atoms with Gasteiger partial charge in [0, 0.05) is 36.6 Å². The van der Waals surface area contributed by atoms with Crippen LogP contribution in [0.2, 0.25) is 0 Å². The highest BCUT2D eigenvalue weighted by atomic mass is 32.1. The van der Waals surface area contributed by atoms with Crippen LogP contribution in [-0.4, -0.2) is 43.1 Å². The van der Waals surface area contributed by atoms with Crippen molar-refractivity contribution in [3.63, 3.8) is 0 Å². The number of likely N-dealkylation sites (tertiary alicyclic amines) is 1. The maximum Gasteiger partial charge on any atom is 0.252 e. The van der Waals surface area contributed by atoms with Crippen molar-refractivity contribution in [2.24, 2.45) is 0 Å². The van der Waals surface area contributed by atoms with Gasteiger partial charge in [0.15, 0.2) is 0 Å². The molecule has 1 aromatic carbocycles. The molecule has 0 radical (unpaired) electrons. The Morgan fingerprint density at radius 2 is 2.12 bits per heavy atom. The van der Waals surface area contributed by atoms with Crippen LogP contribution in [0.1, 0.15) is 28.8 Å². The van der Waals surface area contributed by atoms with Crippen LogP contribution in [0.5, 0.6) is 5.75 Å². The van der Waals surface area contributed by atoms with Crippen molar-refractivity contribution in [2.75, 3.05) is 26.2 Å². The third-order valence-electron chi connectivity index (χ3n) is 4.38. The Morgan fingerprint density at radius 1 is 1.32 bits per heavy atom. The van der Waals surface area contributed by atoms with Crippen molar-refractivity contribution in [1.29, 1.82) is 5.26 Å². The minimum absolute atomic E-state index is 0.0242. The van der Waals surface area contributed by atoms with E-state index in [0.29, 0.717) is 17.9 Å². The highest BCUT2D eigenvalue weighted by molar-refractivity contribution is 7.08. The predicted molar refractivity (Wildman–Crippen MR) is 97.9 cm³/mol. The van der Waals surface area contributed by atoms with E-state index in [4.69, 9.17) is 10.00 Å². The van der Waals surface area contributed by atoms with Crippen LogP contribution in [0.25, 0.3) is 0 Å². The second-order valence-corrected chi connectivity index (χ2v) is 6.84. The summed E-state index contributed by atoms with van der Waals surface area (Å²) in [5, 5.41) is 16.0. The summed E-state index contributed by atoms with van der Waals surface area (Å²) in [6.45, 7) is 3.27. The zero-order chi connectivity index (χ0) is 17.5. The fraction of sp³-hybridized carbons (Fsp3) is 0.368. The van der Waals surface area contributed by atoms with Gasteiger partial charge in [-0.15, -0.1) is 0 Å². The summed E-state index contributed by atoms with van der Waals surface area (Å²) in [6.07, 6.45) is 1.90. The maximum atomic E-state index is 12.1. The number of hydrogen-bond donors (Lipinski definition) is 1. The number of rotatable bonds is 6. The van der Waals surface area contributed by atoms with Gasteiger partial charge in [-0.1, -0.05) is 12.1 Å². The number of carbonyl (C=O) groups excluding carboxylic acids is 1. The number of nitrogens with one attached hydrogen (secondary N) is 1. The van der Waals surface area contributed by atoms with Crippen molar-refractivity contribution in [3.05, 3.63) is 52.2 Å². The van der Waals surface area contributed by atoms with E-state index in [1.807, 2.05) is 35.0 Å². The second-order valence-electron chi connectivity index (χ2n) is 6.06. The molecule has 2 heterocycles. The topological polar surface area (TPSA) is 65.4 Å². The Hall–Kier alpha value is -2.36. The summed E-state index contributed by atoms with van der Waals surface area (Å²) >= 11 is 1.54. The molecule has 1 amide bonds. The highest BCUT2D eigenvalue weighted by Gasteiger charge is 2.21. The van der Waals surface area contributed by atoms with E-state index >= 15 is 0 Å². The largest absolute Gasteiger partial charge is 0.491 e. The summed E-state index contributed by atoms with van der Waals surface area (Å²) in [7, 11) is 0. The summed E-state index contributed by atoms with van der Waals surface area (Å²) in [4.78, 5) is 14.4. The number of nitriles is 1. The van der Waals surface area contributed by atoms with Gasteiger partial charge in [0.1, 0.15) is 18.4 Å². The van der Waals surface area contributed by atoms with Gasteiger partial charge in [-0.2, -0.15) is 16.6 Å². The SMILES string of the molecule is N#Cc1ccccc1OCCN1CCC(NC(=O)c2ccsc2)CC1. The van der Waals surface area contributed by atoms with Gasteiger partial charge in [0.2, 0.25) is 0 Å². The summed E-state index contributed by atoms with van der Waals surface area (Å²) in [5.41, 5.74) is 1.31. The molecule has 0 bridgehead atoms. The molecule has 1 aliphatic heterocycles. The molecular weight excluding hydrogens is 334 g/mol. The van der Waals surface area contributed by atoms with E-state index in [0.717, 1.165) is 38.0 Å². The molecule has 5 nitrogen and oxygen atoms in total. The number of nitrogens with zero attached hydrogens (tertiary/aromatic N) is 2. The molecule has 0 saturated carbocycles. The van der Waals surface area contributed by atoms with Crippen molar-refractivity contribution in [1.82, 2.24) is 10.2 Å². The summed E-state index contributed by atoms with van der Waals surface area (Å²) in [5.74, 6) is 0.666. The number of carbonyl (C=O) groups is 1. The van der Waals surface area contributed by atoms with Crippen LogP contribution < -0.4 is 10.1 Å². The summed E-state index contributed by atoms with van der Waals surface area (Å²) in [6, 6.07) is 11.5. The first-order valence-corrected chi connectivity index (χ1v) is 9.38. The molecule has 2 aromatic rings. The molecule has 6 heteroatoms. The number of thiophene rings is 1. The molecule has 1 saturated heterocycles. The molecule has 0 atom stereocenters. The van der Waals surface area contributed by atoms with Crippen molar-refractivity contribution < 1.29 is 9.53 Å². The molecule has 0 spiro atoms. The van der Waals surface area contributed by atoms with Crippen LogP contribution in [0.4, 0.5) is 0 Å². The third kappa shape index (κ3) is 4.81. The van der Waals surface area contributed by atoms with Gasteiger partial charge in [-0.25, -0.2) is 0 Å². The van der Waals surface area contributed by atoms with E-state index in [1.54, 1.807) is 6.07 Å². The first-order chi connectivity index (χ1) is 12.3. The van der Waals surface area contributed by atoms with E-state index in [1.165, 1.54) is 11.3 Å². The quantitative estimate of drug-likeness (QED) is 0.865. The van der Waals surface area contributed by atoms with Gasteiger partial charge >= 0.3 is 0 Å². The number of piperidine rings is 1. The van der Waals surface area contributed by atoms with Crippen LogP contribution in [-0.2, 0) is 0 Å². The Labute approximate surface area is 151 Å². The first-order valence-electron chi connectivity index (χ1n) is 8.43. The van der Waals surface area contributed by atoms with Crippen molar-refractivity contribution in [3.8, 4) is 11.8 Å². The van der Waals surface area contributed by atoms with Crippen LogP contribution in [0.15, 0.2) is 41.1 Å². The average Bonchev–Trinajstić information content (AvgIpc) is 3.18. The fourth-order valence-corrected chi connectivity index (χ4v) is 3.57. The van der Waals surface area contributed by atoms with Gasteiger partial charge < -0.3 is 10.1 Å². The molecule has 1 N–H and O–H groups in total. The third-order valence-corrected chi connectivity index (χ3v) is 5.06. The number of para-hydroxylation sites is 1. The minimum atomic E-state index is 0.0242. The van der Waals surface area contributed by atoms with Crippen molar-refractivity contribution in [2.45, 2.75) is 18.9 Å². The highest BCUT2D eigenvalue weighted by Crippen LogP contribution is 2.17. The fourth-order valence-electron chi connectivity index (χ4n) is 2.93. The average molecular weight is 355 g/mol. The Kier molecular flexibility index (Phi) is 6.04. The minimum Gasteiger partial charge on any atom is -0.491 e. The molecule has 25 heavy (non-hydrogen) atoms.